The summed E-state index contributed by atoms with van der Waals surface area (Å²) in [6.45, 7) is -0.395. The van der Waals surface area contributed by atoms with Crippen molar-refractivity contribution in [3.05, 3.63) is 47.3 Å². The van der Waals surface area contributed by atoms with Gasteiger partial charge in [0, 0.05) is 6.54 Å². The zero-order valence-electron chi connectivity index (χ0n) is 14.0. The van der Waals surface area contributed by atoms with E-state index >= 15 is 0 Å². The van der Waals surface area contributed by atoms with Crippen molar-refractivity contribution in [3.63, 3.8) is 0 Å². The summed E-state index contributed by atoms with van der Waals surface area (Å²) in [7, 11) is 0. The summed E-state index contributed by atoms with van der Waals surface area (Å²) in [5, 5.41) is 57.3. The number of hydrogen-bond acceptors (Lipinski definition) is 6. The smallest absolute Gasteiger partial charge is 0.324 e. The number of carboxylic acids is 4. The lowest BCUT2D eigenvalue weighted by atomic mass is 10.0. The first kappa shape index (κ1) is 20.3. The van der Waals surface area contributed by atoms with Crippen LogP contribution >= 0.6 is 0 Å². The molecule has 2 aromatic rings. The van der Waals surface area contributed by atoms with Crippen LogP contribution in [0.5, 0.6) is 11.5 Å². The van der Waals surface area contributed by atoms with Crippen LogP contribution in [0.4, 0.5) is 0 Å². The lowest BCUT2D eigenvalue weighted by Gasteiger charge is -2.17. The maximum absolute atomic E-state index is 11.4. The molecule has 0 spiro atoms. The van der Waals surface area contributed by atoms with Crippen LogP contribution < -0.4 is 0 Å². The summed E-state index contributed by atoms with van der Waals surface area (Å²) in [5.41, 5.74) is -1.28. The van der Waals surface area contributed by atoms with E-state index in [1.807, 2.05) is 0 Å². The van der Waals surface area contributed by atoms with E-state index in [9.17, 15) is 49.8 Å². The van der Waals surface area contributed by atoms with Crippen molar-refractivity contribution in [3.8, 4) is 11.5 Å². The second-order valence-corrected chi connectivity index (χ2v) is 5.76. The van der Waals surface area contributed by atoms with Crippen molar-refractivity contribution < 1.29 is 49.8 Å². The molecule has 1 aromatic heterocycles. The molecule has 0 aliphatic heterocycles. The van der Waals surface area contributed by atoms with Gasteiger partial charge in [0.2, 0.25) is 0 Å². The Kier molecular flexibility index (Phi) is 5.58. The van der Waals surface area contributed by atoms with Crippen LogP contribution in [0.15, 0.2) is 30.3 Å². The minimum atomic E-state index is -2.38. The molecule has 0 fully saturated rings. The van der Waals surface area contributed by atoms with Crippen LogP contribution in [0.3, 0.4) is 0 Å². The Morgan fingerprint density at radius 1 is 0.714 bits per heavy atom. The quantitative estimate of drug-likeness (QED) is 0.343. The number of aromatic nitrogens is 1. The number of hydrogen-bond donors (Lipinski definition) is 6. The maximum atomic E-state index is 11.4. The minimum Gasteiger partial charge on any atom is -0.503 e. The topological polar surface area (TPSA) is 195 Å². The van der Waals surface area contributed by atoms with E-state index in [0.29, 0.717) is 10.1 Å². The fraction of sp³-hybridized carbons (Fsp3) is 0.176. The molecule has 0 bridgehead atoms. The number of benzene rings is 1. The number of carboxylic acid groups (broad SMARTS) is 4. The standard InChI is InChI=1S/C17H15NO10/c19-12-10(8(14(21)22)15(23)24)18(6-7-4-2-1-3-5-7)11(13(12)20)9(16(25)26)17(27)28/h1-5,8-9,19-20H,6H2,(H,21,22)(H,23,24)(H,25,26)(H,27,28). The number of aliphatic carboxylic acids is 4. The molecule has 0 aliphatic rings. The number of aromatic hydroxyl groups is 2. The average Bonchev–Trinajstić information content (AvgIpc) is 2.81. The van der Waals surface area contributed by atoms with Gasteiger partial charge in [-0.1, -0.05) is 30.3 Å². The first-order valence-corrected chi connectivity index (χ1v) is 7.67. The van der Waals surface area contributed by atoms with Gasteiger partial charge in [-0.05, 0) is 5.56 Å². The van der Waals surface area contributed by atoms with E-state index in [0.717, 1.165) is 0 Å². The van der Waals surface area contributed by atoms with Crippen LogP contribution in [-0.2, 0) is 25.7 Å². The van der Waals surface area contributed by atoms with Crippen LogP contribution in [0, 0.1) is 0 Å². The van der Waals surface area contributed by atoms with E-state index in [1.165, 1.54) is 12.1 Å². The molecule has 11 nitrogen and oxygen atoms in total. The second kappa shape index (κ2) is 7.70. The van der Waals surface area contributed by atoms with Crippen molar-refractivity contribution >= 4 is 23.9 Å². The molecule has 0 atom stereocenters. The second-order valence-electron chi connectivity index (χ2n) is 5.76. The third-order valence-corrected chi connectivity index (χ3v) is 4.01. The minimum absolute atomic E-state index is 0.395. The molecule has 6 N–H and O–H groups in total. The predicted molar refractivity (Wildman–Crippen MR) is 89.3 cm³/mol. The van der Waals surface area contributed by atoms with Crippen molar-refractivity contribution in [1.82, 2.24) is 4.57 Å². The monoisotopic (exact) mass is 393 g/mol. The molecule has 0 saturated carbocycles. The normalized spacial score (nSPS) is 10.9. The molecule has 11 heteroatoms. The molecule has 28 heavy (non-hydrogen) atoms. The van der Waals surface area contributed by atoms with Gasteiger partial charge in [-0.3, -0.25) is 19.2 Å². The molecular formula is C17H15NO10. The molecule has 0 amide bonds. The summed E-state index contributed by atoms with van der Waals surface area (Å²) >= 11 is 0. The van der Waals surface area contributed by atoms with Gasteiger partial charge in [0.25, 0.3) is 0 Å². The molecular weight excluding hydrogens is 378 g/mol. The summed E-state index contributed by atoms with van der Waals surface area (Å²) in [4.78, 5) is 45.7. The van der Waals surface area contributed by atoms with Gasteiger partial charge >= 0.3 is 23.9 Å². The fourth-order valence-corrected chi connectivity index (χ4v) is 2.83. The highest BCUT2D eigenvalue weighted by Crippen LogP contribution is 2.44. The molecule has 1 aromatic carbocycles. The van der Waals surface area contributed by atoms with Crippen LogP contribution in [0.2, 0.25) is 0 Å². The van der Waals surface area contributed by atoms with E-state index < -0.39 is 65.1 Å². The third kappa shape index (κ3) is 3.58. The first-order chi connectivity index (χ1) is 13.1. The Morgan fingerprint density at radius 3 is 1.39 bits per heavy atom. The highest BCUT2D eigenvalue weighted by atomic mass is 16.4. The Bertz CT molecular complexity index is 863. The van der Waals surface area contributed by atoms with Gasteiger partial charge in [0.15, 0.2) is 23.3 Å². The Balaban J connectivity index is 2.86. The van der Waals surface area contributed by atoms with Crippen molar-refractivity contribution in [2.45, 2.75) is 18.4 Å². The van der Waals surface area contributed by atoms with Gasteiger partial charge in [-0.15, -0.1) is 0 Å². The molecule has 148 valence electrons. The third-order valence-electron chi connectivity index (χ3n) is 4.01. The molecule has 0 saturated heterocycles. The van der Waals surface area contributed by atoms with Crippen molar-refractivity contribution in [2.24, 2.45) is 0 Å². The van der Waals surface area contributed by atoms with Crippen LogP contribution in [-0.4, -0.2) is 59.1 Å². The van der Waals surface area contributed by atoms with Gasteiger partial charge in [-0.25, -0.2) is 0 Å². The van der Waals surface area contributed by atoms with Gasteiger partial charge in [-0.2, -0.15) is 0 Å². The van der Waals surface area contributed by atoms with E-state index in [1.54, 1.807) is 18.2 Å². The van der Waals surface area contributed by atoms with Crippen LogP contribution in [0.25, 0.3) is 0 Å². The summed E-state index contributed by atoms with van der Waals surface area (Å²) in [5.74, 6) is -14.8. The Morgan fingerprint density at radius 2 is 1.07 bits per heavy atom. The molecule has 1 heterocycles. The van der Waals surface area contributed by atoms with Crippen LogP contribution in [0.1, 0.15) is 28.8 Å². The summed E-state index contributed by atoms with van der Waals surface area (Å²) in [6.07, 6.45) is 0. The lowest BCUT2D eigenvalue weighted by molar-refractivity contribution is -0.151. The van der Waals surface area contributed by atoms with E-state index in [2.05, 4.69) is 0 Å². The van der Waals surface area contributed by atoms with E-state index in [-0.39, 0.29) is 0 Å². The van der Waals surface area contributed by atoms with Crippen molar-refractivity contribution in [2.75, 3.05) is 0 Å². The highest BCUT2D eigenvalue weighted by Gasteiger charge is 2.42. The van der Waals surface area contributed by atoms with Gasteiger partial charge in [0.05, 0.1) is 11.4 Å². The molecule has 0 unspecified atom stereocenters. The number of rotatable bonds is 8. The first-order valence-electron chi connectivity index (χ1n) is 7.67. The summed E-state index contributed by atoms with van der Waals surface area (Å²) < 4.78 is 0.694. The number of nitrogens with zero attached hydrogens (tertiary/aromatic N) is 1. The molecule has 0 radical (unpaired) electrons. The lowest BCUT2D eigenvalue weighted by Crippen LogP contribution is -2.28. The predicted octanol–water partition coefficient (Wildman–Crippen LogP) is 0.453. The maximum Gasteiger partial charge on any atom is 0.324 e. The summed E-state index contributed by atoms with van der Waals surface area (Å²) in [6, 6.07) is 7.85. The fourth-order valence-electron chi connectivity index (χ4n) is 2.83. The Hall–Kier alpha value is -4.02. The average molecular weight is 393 g/mol. The van der Waals surface area contributed by atoms with Crippen molar-refractivity contribution in [1.29, 1.82) is 0 Å². The zero-order valence-corrected chi connectivity index (χ0v) is 14.0. The van der Waals surface area contributed by atoms with Gasteiger partial charge < -0.3 is 35.2 Å². The zero-order chi connectivity index (χ0) is 21.2. The molecule has 0 aliphatic carbocycles. The highest BCUT2D eigenvalue weighted by molar-refractivity contribution is 6.02. The Labute approximate surface area is 156 Å². The molecule has 2 rings (SSSR count). The largest absolute Gasteiger partial charge is 0.503 e. The SMILES string of the molecule is O=C(O)C(C(=O)O)c1c(O)c(O)c(C(C(=O)O)C(=O)O)n1Cc1ccccc1. The van der Waals surface area contributed by atoms with E-state index in [4.69, 9.17) is 0 Å². The number of carbonyl (C=O) groups is 4. The van der Waals surface area contributed by atoms with Gasteiger partial charge in [0.1, 0.15) is 0 Å².